The summed E-state index contributed by atoms with van der Waals surface area (Å²) in [5.41, 5.74) is 1.00. The lowest BCUT2D eigenvalue weighted by Crippen LogP contribution is -2.12. The van der Waals surface area contributed by atoms with Crippen molar-refractivity contribution in [2.45, 2.75) is 64.7 Å². The van der Waals surface area contributed by atoms with Crippen molar-refractivity contribution in [3.8, 4) is 0 Å². The van der Waals surface area contributed by atoms with Crippen LogP contribution in [0.3, 0.4) is 0 Å². The zero-order chi connectivity index (χ0) is 10.2. The third kappa shape index (κ3) is 4.26. The van der Waals surface area contributed by atoms with E-state index in [9.17, 15) is 0 Å². The average molecular weight is 194 g/mol. The highest BCUT2D eigenvalue weighted by molar-refractivity contribution is 5.84. The van der Waals surface area contributed by atoms with E-state index >= 15 is 0 Å². The highest BCUT2D eigenvalue weighted by Gasteiger charge is 2.16. The van der Waals surface area contributed by atoms with Crippen LogP contribution in [0.4, 0.5) is 0 Å². The van der Waals surface area contributed by atoms with Gasteiger partial charge in [0.15, 0.2) is 0 Å². The molecule has 14 heavy (non-hydrogen) atoms. The van der Waals surface area contributed by atoms with Gasteiger partial charge < -0.3 is 5.41 Å². The van der Waals surface area contributed by atoms with Gasteiger partial charge in [0.2, 0.25) is 0 Å². The van der Waals surface area contributed by atoms with Crippen molar-refractivity contribution >= 4 is 5.71 Å². The van der Waals surface area contributed by atoms with Gasteiger partial charge in [-0.05, 0) is 31.6 Å². The summed E-state index contributed by atoms with van der Waals surface area (Å²) in [6.07, 6.45) is 13.7. The van der Waals surface area contributed by atoms with Crippen LogP contribution < -0.4 is 0 Å². The molecule has 0 amide bonds. The van der Waals surface area contributed by atoms with E-state index in [1.807, 2.05) is 0 Å². The van der Waals surface area contributed by atoms with Crippen molar-refractivity contribution in [1.82, 2.24) is 0 Å². The summed E-state index contributed by atoms with van der Waals surface area (Å²) in [5.74, 6) is 0.616. The molecular weight excluding hydrogens is 170 g/mol. The van der Waals surface area contributed by atoms with Gasteiger partial charge in [-0.15, -0.1) is 0 Å². The van der Waals surface area contributed by atoms with Crippen LogP contribution in [0.5, 0.6) is 0 Å². The largest absolute Gasteiger partial charge is 0.309 e. The molecule has 1 nitrogen and oxygen atoms in total. The standard InChI is InChI=1S/C13H24N/c1-2-3-6-11-13(14)12-9-7-4-5-8-10-12/h6,12,14H,2-5,7-11H2,1H3. The molecule has 0 atom stereocenters. The molecule has 0 aromatic heterocycles. The first-order chi connectivity index (χ1) is 6.84. The van der Waals surface area contributed by atoms with Gasteiger partial charge in [-0.3, -0.25) is 0 Å². The first kappa shape index (κ1) is 11.7. The molecule has 0 heterocycles. The molecule has 1 radical (unpaired) electrons. The fourth-order valence-corrected chi connectivity index (χ4v) is 2.26. The first-order valence-corrected chi connectivity index (χ1v) is 6.23. The topological polar surface area (TPSA) is 23.9 Å². The molecule has 81 valence electrons. The zero-order valence-electron chi connectivity index (χ0n) is 9.52. The Morgan fingerprint density at radius 2 is 1.86 bits per heavy atom. The van der Waals surface area contributed by atoms with Crippen molar-refractivity contribution in [2.75, 3.05) is 0 Å². The smallest absolute Gasteiger partial charge is 0.0123 e. The van der Waals surface area contributed by atoms with E-state index < -0.39 is 0 Å². The number of nitrogens with one attached hydrogen (secondary N) is 1. The predicted molar refractivity (Wildman–Crippen MR) is 62.7 cm³/mol. The Hall–Kier alpha value is -0.330. The third-order valence-electron chi connectivity index (χ3n) is 3.21. The zero-order valence-corrected chi connectivity index (χ0v) is 9.52. The molecule has 1 aliphatic rings. The average Bonchev–Trinajstić information content (AvgIpc) is 2.46. The maximum Gasteiger partial charge on any atom is 0.0123 e. The van der Waals surface area contributed by atoms with Crippen LogP contribution in [0.15, 0.2) is 0 Å². The van der Waals surface area contributed by atoms with Gasteiger partial charge in [-0.25, -0.2) is 0 Å². The highest BCUT2D eigenvalue weighted by Crippen LogP contribution is 2.25. The predicted octanol–water partition coefficient (Wildman–Crippen LogP) is 4.37. The molecule has 1 heteroatoms. The molecule has 0 aromatic carbocycles. The van der Waals surface area contributed by atoms with Crippen molar-refractivity contribution < 1.29 is 0 Å². The van der Waals surface area contributed by atoms with E-state index in [4.69, 9.17) is 5.41 Å². The Morgan fingerprint density at radius 1 is 1.21 bits per heavy atom. The first-order valence-electron chi connectivity index (χ1n) is 6.23. The fraction of sp³-hybridized carbons (Fsp3) is 0.846. The van der Waals surface area contributed by atoms with Crippen LogP contribution in [-0.4, -0.2) is 5.71 Å². The Bertz CT molecular complexity index is 155. The lowest BCUT2D eigenvalue weighted by atomic mass is 9.91. The molecule has 1 N–H and O–H groups in total. The third-order valence-corrected chi connectivity index (χ3v) is 3.21. The summed E-state index contributed by atoms with van der Waals surface area (Å²) >= 11 is 0. The second-order valence-corrected chi connectivity index (χ2v) is 4.50. The summed E-state index contributed by atoms with van der Waals surface area (Å²) in [5, 5.41) is 8.03. The minimum Gasteiger partial charge on any atom is -0.309 e. The van der Waals surface area contributed by atoms with Crippen LogP contribution in [0.1, 0.15) is 64.7 Å². The second-order valence-electron chi connectivity index (χ2n) is 4.50. The van der Waals surface area contributed by atoms with Crippen molar-refractivity contribution in [1.29, 1.82) is 5.41 Å². The van der Waals surface area contributed by atoms with Crippen LogP contribution in [0.2, 0.25) is 0 Å². The van der Waals surface area contributed by atoms with E-state index in [0.717, 1.165) is 12.1 Å². The van der Waals surface area contributed by atoms with Crippen LogP contribution in [0, 0.1) is 17.7 Å². The molecule has 1 aliphatic carbocycles. The van der Waals surface area contributed by atoms with E-state index in [1.54, 1.807) is 0 Å². The lowest BCUT2D eigenvalue weighted by Gasteiger charge is -2.14. The highest BCUT2D eigenvalue weighted by atomic mass is 14.4. The fourth-order valence-electron chi connectivity index (χ4n) is 2.26. The van der Waals surface area contributed by atoms with Gasteiger partial charge in [0.05, 0.1) is 0 Å². The molecule has 1 fully saturated rings. The minimum atomic E-state index is 0.616. The summed E-state index contributed by atoms with van der Waals surface area (Å²) in [4.78, 5) is 0. The van der Waals surface area contributed by atoms with E-state index in [1.165, 1.54) is 51.4 Å². The van der Waals surface area contributed by atoms with Crippen LogP contribution >= 0.6 is 0 Å². The molecule has 0 aliphatic heterocycles. The van der Waals surface area contributed by atoms with Gasteiger partial charge >= 0.3 is 0 Å². The van der Waals surface area contributed by atoms with E-state index in [0.29, 0.717) is 5.92 Å². The van der Waals surface area contributed by atoms with Crippen molar-refractivity contribution in [3.63, 3.8) is 0 Å². The quantitative estimate of drug-likeness (QED) is 0.382. The van der Waals surface area contributed by atoms with E-state index in [-0.39, 0.29) is 0 Å². The Balaban J connectivity index is 2.20. The summed E-state index contributed by atoms with van der Waals surface area (Å²) in [7, 11) is 0. The summed E-state index contributed by atoms with van der Waals surface area (Å²) in [6.45, 7) is 2.20. The second kappa shape index (κ2) is 7.03. The molecule has 0 aromatic rings. The van der Waals surface area contributed by atoms with Crippen molar-refractivity contribution in [3.05, 3.63) is 6.42 Å². The van der Waals surface area contributed by atoms with Gasteiger partial charge in [-0.2, -0.15) is 0 Å². The van der Waals surface area contributed by atoms with Crippen LogP contribution in [-0.2, 0) is 0 Å². The number of hydrogen-bond donors (Lipinski definition) is 1. The van der Waals surface area contributed by atoms with Gasteiger partial charge in [0.1, 0.15) is 0 Å². The SMILES string of the molecule is CCC[CH]CC(=N)C1CCCCCC1. The summed E-state index contributed by atoms with van der Waals surface area (Å²) < 4.78 is 0. The Morgan fingerprint density at radius 3 is 2.43 bits per heavy atom. The molecule has 0 saturated heterocycles. The maximum absolute atomic E-state index is 8.03. The molecule has 1 rings (SSSR count). The van der Waals surface area contributed by atoms with Crippen molar-refractivity contribution in [2.24, 2.45) is 5.92 Å². The van der Waals surface area contributed by atoms with Gasteiger partial charge in [0, 0.05) is 5.71 Å². The molecule has 1 saturated carbocycles. The number of unbranched alkanes of at least 4 members (excludes halogenated alkanes) is 2. The van der Waals surface area contributed by atoms with Gasteiger partial charge in [-0.1, -0.05) is 45.4 Å². The van der Waals surface area contributed by atoms with E-state index in [2.05, 4.69) is 13.3 Å². The van der Waals surface area contributed by atoms with Crippen LogP contribution in [0.25, 0.3) is 0 Å². The lowest BCUT2D eigenvalue weighted by molar-refractivity contribution is 0.580. The molecule has 0 spiro atoms. The number of hydrogen-bond acceptors (Lipinski definition) is 1. The number of rotatable bonds is 5. The molecular formula is C13H24N. The normalized spacial score (nSPS) is 19.2. The Kier molecular flexibility index (Phi) is 5.89. The molecule has 0 unspecified atom stereocenters. The monoisotopic (exact) mass is 194 g/mol. The summed E-state index contributed by atoms with van der Waals surface area (Å²) in [6, 6.07) is 0. The minimum absolute atomic E-state index is 0.616. The Labute approximate surface area is 88.8 Å². The maximum atomic E-state index is 8.03. The molecule has 0 bridgehead atoms. The van der Waals surface area contributed by atoms with Gasteiger partial charge in [0.25, 0.3) is 0 Å².